The number of nitrogens with zero attached hydrogens (tertiary/aromatic N) is 2. The third-order valence-electron chi connectivity index (χ3n) is 5.07. The summed E-state index contributed by atoms with van der Waals surface area (Å²) >= 11 is 12.0. The Labute approximate surface area is 179 Å². The van der Waals surface area contributed by atoms with Crippen molar-refractivity contribution in [2.45, 2.75) is 19.6 Å². The first-order chi connectivity index (χ1) is 14.0. The number of hydrogen-bond acceptors (Lipinski definition) is 5. The highest BCUT2D eigenvalue weighted by molar-refractivity contribution is 6.35. The molecule has 0 N–H and O–H groups in total. The fourth-order valence-electron chi connectivity index (χ4n) is 3.49. The molecule has 4 rings (SSSR count). The molecule has 2 aromatic carbocycles. The van der Waals surface area contributed by atoms with Gasteiger partial charge in [-0.3, -0.25) is 9.69 Å². The van der Waals surface area contributed by atoms with E-state index in [4.69, 9.17) is 37.4 Å². The number of piperazine rings is 1. The molecule has 0 spiro atoms. The van der Waals surface area contributed by atoms with Crippen molar-refractivity contribution in [3.05, 3.63) is 52.0 Å². The van der Waals surface area contributed by atoms with Crippen LogP contribution < -0.4 is 14.2 Å². The van der Waals surface area contributed by atoms with Crippen molar-refractivity contribution in [3.63, 3.8) is 0 Å². The fourth-order valence-corrected chi connectivity index (χ4v) is 3.95. The van der Waals surface area contributed by atoms with E-state index in [1.165, 1.54) is 5.56 Å². The first-order valence-corrected chi connectivity index (χ1v) is 10.3. The zero-order valence-corrected chi connectivity index (χ0v) is 17.6. The van der Waals surface area contributed by atoms with Crippen molar-refractivity contribution < 1.29 is 19.0 Å². The van der Waals surface area contributed by atoms with Crippen molar-refractivity contribution in [2.75, 3.05) is 33.0 Å². The van der Waals surface area contributed by atoms with Crippen LogP contribution in [0.25, 0.3) is 0 Å². The number of rotatable bonds is 5. The highest BCUT2D eigenvalue weighted by Crippen LogP contribution is 2.33. The van der Waals surface area contributed by atoms with Gasteiger partial charge in [-0.2, -0.15) is 0 Å². The number of carbonyl (C=O) groups is 1. The molecule has 0 unspecified atom stereocenters. The summed E-state index contributed by atoms with van der Waals surface area (Å²) in [5.74, 6) is 2.00. The van der Waals surface area contributed by atoms with E-state index in [2.05, 4.69) is 11.0 Å². The van der Waals surface area contributed by atoms with Gasteiger partial charge in [0.25, 0.3) is 5.91 Å². The van der Waals surface area contributed by atoms with Crippen LogP contribution in [-0.2, 0) is 11.3 Å². The molecule has 154 valence electrons. The van der Waals surface area contributed by atoms with Gasteiger partial charge in [0.05, 0.1) is 5.02 Å². The molecule has 0 radical (unpaired) electrons. The monoisotopic (exact) mass is 436 g/mol. The number of benzene rings is 2. The average Bonchev–Trinajstić information content (AvgIpc) is 3.18. The van der Waals surface area contributed by atoms with E-state index >= 15 is 0 Å². The molecule has 0 aliphatic carbocycles. The summed E-state index contributed by atoms with van der Waals surface area (Å²) < 4.78 is 16.6. The molecule has 1 amide bonds. The SMILES string of the molecule is C[C@@H](Oc1ccc(Cl)cc1Cl)C(=O)N1CCN(Cc2ccc3c(c2)OCO3)CC1. The van der Waals surface area contributed by atoms with E-state index in [1.807, 2.05) is 17.0 Å². The zero-order valence-electron chi connectivity index (χ0n) is 16.1. The Kier molecular flexibility index (Phi) is 6.04. The topological polar surface area (TPSA) is 51.2 Å². The van der Waals surface area contributed by atoms with Crippen LogP contribution in [-0.4, -0.2) is 54.8 Å². The summed E-state index contributed by atoms with van der Waals surface area (Å²) in [5, 5.41) is 0.922. The Morgan fingerprint density at radius 3 is 2.59 bits per heavy atom. The van der Waals surface area contributed by atoms with E-state index < -0.39 is 6.10 Å². The molecule has 0 aromatic heterocycles. The Morgan fingerprint density at radius 2 is 1.83 bits per heavy atom. The van der Waals surface area contributed by atoms with Crippen LogP contribution >= 0.6 is 23.2 Å². The van der Waals surface area contributed by atoms with Crippen molar-refractivity contribution in [2.24, 2.45) is 0 Å². The van der Waals surface area contributed by atoms with Crippen molar-refractivity contribution in [3.8, 4) is 17.2 Å². The molecule has 0 bridgehead atoms. The molecule has 8 heteroatoms. The van der Waals surface area contributed by atoms with Gasteiger partial charge in [0.2, 0.25) is 6.79 Å². The molecule has 1 atom stereocenters. The van der Waals surface area contributed by atoms with Gasteiger partial charge in [0.15, 0.2) is 17.6 Å². The van der Waals surface area contributed by atoms with E-state index in [9.17, 15) is 4.79 Å². The van der Waals surface area contributed by atoms with E-state index in [-0.39, 0.29) is 12.7 Å². The largest absolute Gasteiger partial charge is 0.479 e. The number of amides is 1. The predicted octanol–water partition coefficient (Wildman–Crippen LogP) is 3.83. The Bertz CT molecular complexity index is 900. The normalized spacial score (nSPS) is 17.3. The second-order valence-electron chi connectivity index (χ2n) is 7.12. The standard InChI is InChI=1S/C21H22Cl2N2O4/c1-14(29-18-5-3-16(22)11-17(18)23)21(26)25-8-6-24(7-9-25)12-15-2-4-19-20(10-15)28-13-27-19/h2-5,10-11,14H,6-9,12-13H2,1H3/t14-/m1/s1. The Hall–Kier alpha value is -2.15. The van der Waals surface area contributed by atoms with Gasteiger partial charge in [-0.1, -0.05) is 29.3 Å². The van der Waals surface area contributed by atoms with E-state index in [0.717, 1.165) is 31.1 Å². The lowest BCUT2D eigenvalue weighted by atomic mass is 10.1. The van der Waals surface area contributed by atoms with Gasteiger partial charge >= 0.3 is 0 Å². The molecule has 2 aromatic rings. The number of carbonyl (C=O) groups excluding carboxylic acids is 1. The van der Waals surface area contributed by atoms with Gasteiger partial charge in [-0.25, -0.2) is 0 Å². The third kappa shape index (κ3) is 4.71. The van der Waals surface area contributed by atoms with Gasteiger partial charge < -0.3 is 19.1 Å². The van der Waals surface area contributed by atoms with Crippen molar-refractivity contribution in [1.29, 1.82) is 0 Å². The minimum Gasteiger partial charge on any atom is -0.479 e. The molecular weight excluding hydrogens is 415 g/mol. The predicted molar refractivity (Wildman–Crippen MR) is 111 cm³/mol. The summed E-state index contributed by atoms with van der Waals surface area (Å²) in [6.07, 6.45) is -0.617. The highest BCUT2D eigenvalue weighted by Gasteiger charge is 2.27. The molecule has 29 heavy (non-hydrogen) atoms. The van der Waals surface area contributed by atoms with Crippen LogP contribution in [0.4, 0.5) is 0 Å². The van der Waals surface area contributed by atoms with E-state index in [1.54, 1.807) is 25.1 Å². The molecule has 0 saturated carbocycles. The third-order valence-corrected chi connectivity index (χ3v) is 5.60. The lowest BCUT2D eigenvalue weighted by Crippen LogP contribution is -2.51. The second-order valence-corrected chi connectivity index (χ2v) is 7.97. The molecule has 1 fully saturated rings. The van der Waals surface area contributed by atoms with Crippen LogP contribution in [0, 0.1) is 0 Å². The number of ether oxygens (including phenoxy) is 3. The fraction of sp³-hybridized carbons (Fsp3) is 0.381. The lowest BCUT2D eigenvalue weighted by Gasteiger charge is -2.36. The van der Waals surface area contributed by atoms with E-state index in [0.29, 0.717) is 28.9 Å². The number of halogens is 2. The summed E-state index contributed by atoms with van der Waals surface area (Å²) in [5.41, 5.74) is 1.17. The minimum atomic E-state index is -0.617. The van der Waals surface area contributed by atoms with Gasteiger partial charge in [0, 0.05) is 37.7 Å². The molecule has 2 aliphatic heterocycles. The number of fused-ring (bicyclic) bond motifs is 1. The molecule has 2 aliphatic rings. The Balaban J connectivity index is 1.29. The van der Waals surface area contributed by atoms with Crippen LogP contribution in [0.15, 0.2) is 36.4 Å². The van der Waals surface area contributed by atoms with Gasteiger partial charge in [0.1, 0.15) is 5.75 Å². The number of hydrogen-bond donors (Lipinski definition) is 0. The molecule has 1 saturated heterocycles. The van der Waals surface area contributed by atoms with Crippen LogP contribution in [0.1, 0.15) is 12.5 Å². The quantitative estimate of drug-likeness (QED) is 0.712. The highest BCUT2D eigenvalue weighted by atomic mass is 35.5. The van der Waals surface area contributed by atoms with Crippen LogP contribution in [0.3, 0.4) is 0 Å². The van der Waals surface area contributed by atoms with Crippen molar-refractivity contribution >= 4 is 29.1 Å². The summed E-state index contributed by atoms with van der Waals surface area (Å²) in [6.45, 7) is 5.75. The zero-order chi connectivity index (χ0) is 20.4. The Morgan fingerprint density at radius 1 is 1.07 bits per heavy atom. The molecule has 6 nitrogen and oxygen atoms in total. The summed E-state index contributed by atoms with van der Waals surface area (Å²) in [6, 6.07) is 11.0. The smallest absolute Gasteiger partial charge is 0.263 e. The summed E-state index contributed by atoms with van der Waals surface area (Å²) in [4.78, 5) is 16.9. The minimum absolute atomic E-state index is 0.0428. The maximum atomic E-state index is 12.8. The summed E-state index contributed by atoms with van der Waals surface area (Å²) in [7, 11) is 0. The van der Waals surface area contributed by atoms with Crippen molar-refractivity contribution in [1.82, 2.24) is 9.80 Å². The molecule has 2 heterocycles. The lowest BCUT2D eigenvalue weighted by molar-refractivity contribution is -0.139. The first-order valence-electron chi connectivity index (χ1n) is 9.51. The van der Waals surface area contributed by atoms with Gasteiger partial charge in [-0.15, -0.1) is 0 Å². The average molecular weight is 437 g/mol. The first kappa shape index (κ1) is 20.1. The maximum Gasteiger partial charge on any atom is 0.263 e. The maximum absolute atomic E-state index is 12.8. The van der Waals surface area contributed by atoms with Crippen LogP contribution in [0.2, 0.25) is 10.0 Å². The molecular formula is C21H22Cl2N2O4. The second kappa shape index (κ2) is 8.69. The van der Waals surface area contributed by atoms with Gasteiger partial charge in [-0.05, 0) is 42.8 Å². The van der Waals surface area contributed by atoms with Crippen LogP contribution in [0.5, 0.6) is 17.2 Å².